The average Bonchev–Trinajstić information content (AvgIpc) is 4.02. The van der Waals surface area contributed by atoms with Crippen molar-refractivity contribution in [3.8, 4) is 0 Å². The van der Waals surface area contributed by atoms with Gasteiger partial charge in [-0.15, -0.1) is 0 Å². The molecular weight excluding hydrogens is 764 g/mol. The normalized spacial score (nSPS) is 28.3. The van der Waals surface area contributed by atoms with Crippen LogP contribution in [0.5, 0.6) is 0 Å². The van der Waals surface area contributed by atoms with E-state index in [4.69, 9.17) is 9.47 Å². The van der Waals surface area contributed by atoms with Gasteiger partial charge >= 0.3 is 12.2 Å². The molecule has 3 N–H and O–H groups in total. The molecule has 2 unspecified atom stereocenters. The van der Waals surface area contributed by atoms with Crippen LogP contribution in [-0.2, 0) is 51.8 Å². The predicted octanol–water partition coefficient (Wildman–Crippen LogP) is 2.77. The van der Waals surface area contributed by atoms with Crippen LogP contribution >= 0.6 is 0 Å². The molecule has 2 saturated carbocycles. The Bertz CT molecular complexity index is 1970. The van der Waals surface area contributed by atoms with E-state index in [0.717, 1.165) is 0 Å². The number of hydrogen-bond donors (Lipinski definition) is 3. The highest BCUT2D eigenvalue weighted by Crippen LogP contribution is 2.46. The number of rotatable bonds is 7. The number of carbonyl (C=O) groups is 6. The van der Waals surface area contributed by atoms with Gasteiger partial charge in [-0.1, -0.05) is 30.9 Å². The van der Waals surface area contributed by atoms with Crippen molar-refractivity contribution < 1.29 is 51.0 Å². The summed E-state index contributed by atoms with van der Waals surface area (Å²) in [5.74, 6) is -3.81. The third-order valence-corrected chi connectivity index (χ3v) is 13.0. The molecule has 2 aliphatic carbocycles. The number of nitrogens with zero attached hydrogens (tertiary/aromatic N) is 3. The van der Waals surface area contributed by atoms with Crippen LogP contribution in [0.2, 0.25) is 0 Å². The highest BCUT2D eigenvalue weighted by atomic mass is 32.2. The van der Waals surface area contributed by atoms with Gasteiger partial charge < -0.3 is 29.9 Å². The summed E-state index contributed by atoms with van der Waals surface area (Å²) in [5.41, 5.74) is -1.60. The molecule has 18 heteroatoms. The van der Waals surface area contributed by atoms with Crippen molar-refractivity contribution in [3.05, 3.63) is 60.0 Å². The number of allylic oxidation sites excluding steroid dienone is 1. The van der Waals surface area contributed by atoms with E-state index in [1.54, 1.807) is 46.0 Å². The summed E-state index contributed by atoms with van der Waals surface area (Å²) in [4.78, 5) is 86.1. The van der Waals surface area contributed by atoms with Crippen LogP contribution in [0.3, 0.4) is 0 Å². The number of ether oxygens (including phenoxy) is 2. The van der Waals surface area contributed by atoms with Crippen molar-refractivity contribution in [1.82, 2.24) is 30.1 Å². The first-order valence-electron chi connectivity index (χ1n) is 19.3. The predicted molar refractivity (Wildman–Crippen MR) is 203 cm³/mol. The summed E-state index contributed by atoms with van der Waals surface area (Å²) in [5, 5.41) is 4.70. The second-order valence-corrected chi connectivity index (χ2v) is 18.5. The van der Waals surface area contributed by atoms with E-state index in [1.165, 1.54) is 26.8 Å². The SMILES string of the molecule is C=CC(=O)N(C)C1CC/C=C\C2C[C@@]2(C(=O)NS(=O)(=O)C2CC2)NC(=O)[C@@H]2C[C@@H](OC(=O)N3Cc4cccc(F)c4C3)CN2C(=O)[C@@H](NC(=O)OC(C)(C)C)CC1. The molecule has 310 valence electrons. The van der Waals surface area contributed by atoms with E-state index in [-0.39, 0.29) is 51.2 Å². The quantitative estimate of drug-likeness (QED) is 0.272. The van der Waals surface area contributed by atoms with Crippen LogP contribution in [0.4, 0.5) is 14.0 Å². The number of halogens is 1. The Morgan fingerprint density at radius 1 is 1.09 bits per heavy atom. The molecule has 1 aromatic rings. The molecule has 3 fully saturated rings. The molecule has 6 atom stereocenters. The van der Waals surface area contributed by atoms with Gasteiger partial charge in [0.25, 0.3) is 5.91 Å². The highest BCUT2D eigenvalue weighted by molar-refractivity contribution is 7.91. The number of nitrogens with one attached hydrogen (secondary N) is 3. The summed E-state index contributed by atoms with van der Waals surface area (Å²) >= 11 is 0. The Hall–Kier alpha value is -5.00. The van der Waals surface area contributed by atoms with Gasteiger partial charge in [0, 0.05) is 37.5 Å². The molecule has 0 spiro atoms. The number of sulfonamides is 1. The third kappa shape index (κ3) is 9.42. The number of fused-ring (bicyclic) bond motifs is 3. The van der Waals surface area contributed by atoms with Crippen molar-refractivity contribution in [3.63, 3.8) is 0 Å². The summed E-state index contributed by atoms with van der Waals surface area (Å²) in [6.07, 6.45) is 3.79. The minimum Gasteiger partial charge on any atom is -0.444 e. The van der Waals surface area contributed by atoms with Crippen LogP contribution in [0, 0.1) is 11.7 Å². The first-order valence-corrected chi connectivity index (χ1v) is 20.8. The van der Waals surface area contributed by atoms with Gasteiger partial charge in [0.2, 0.25) is 27.7 Å². The fraction of sp³-hybridized carbons (Fsp3) is 0.590. The van der Waals surface area contributed by atoms with E-state index < -0.39 is 92.3 Å². The second-order valence-electron chi connectivity index (χ2n) is 16.5. The second kappa shape index (κ2) is 16.1. The van der Waals surface area contributed by atoms with Crippen molar-refractivity contribution >= 4 is 45.8 Å². The van der Waals surface area contributed by atoms with Gasteiger partial charge in [0.05, 0.1) is 18.3 Å². The number of hydrogen-bond acceptors (Lipinski definition) is 10. The monoisotopic (exact) mass is 814 g/mol. The summed E-state index contributed by atoms with van der Waals surface area (Å²) in [7, 11) is -2.39. The van der Waals surface area contributed by atoms with E-state index >= 15 is 0 Å². The number of amides is 6. The Kier molecular flexibility index (Phi) is 11.8. The van der Waals surface area contributed by atoms with E-state index in [9.17, 15) is 41.6 Å². The molecule has 16 nitrogen and oxygen atoms in total. The molecule has 5 aliphatic rings. The zero-order valence-corrected chi connectivity index (χ0v) is 33.4. The van der Waals surface area contributed by atoms with Gasteiger partial charge in [0.1, 0.15) is 35.1 Å². The fourth-order valence-electron chi connectivity index (χ4n) is 7.74. The van der Waals surface area contributed by atoms with Crippen LogP contribution < -0.4 is 15.4 Å². The lowest BCUT2D eigenvalue weighted by Crippen LogP contribution is -2.58. The first kappa shape index (κ1) is 41.6. The fourth-order valence-corrected chi connectivity index (χ4v) is 9.10. The number of carbonyl (C=O) groups excluding carboxylic acids is 6. The molecular formula is C39H51FN6O10S. The molecule has 1 aromatic carbocycles. The lowest BCUT2D eigenvalue weighted by Gasteiger charge is -2.32. The van der Waals surface area contributed by atoms with Crippen LogP contribution in [-0.4, -0.2) is 113 Å². The maximum atomic E-state index is 14.6. The molecule has 3 heterocycles. The number of likely N-dealkylation sites (N-methyl/N-ethyl adjacent to an activating group) is 1. The molecule has 0 radical (unpaired) electrons. The molecule has 57 heavy (non-hydrogen) atoms. The topological polar surface area (TPSA) is 201 Å². The van der Waals surface area contributed by atoms with Gasteiger partial charge in [0.15, 0.2) is 0 Å². The molecule has 3 aliphatic heterocycles. The number of benzene rings is 1. The van der Waals surface area contributed by atoms with E-state index in [1.807, 2.05) is 6.08 Å². The molecule has 6 rings (SSSR count). The molecule has 6 amide bonds. The Morgan fingerprint density at radius 2 is 1.82 bits per heavy atom. The lowest BCUT2D eigenvalue weighted by molar-refractivity contribution is -0.141. The zero-order chi connectivity index (χ0) is 41.4. The standard InChI is InChI=1S/C39H51FN6O10S/c1-6-32(47)44(5)25-12-8-7-11-24-19-39(24,35(50)43-57(53,54)27-15-16-27)42-33(48)31-18-26(55-37(52)45-20-23-10-9-13-29(40)28(23)22-45)21-46(31)34(49)30(17-14-25)41-36(51)56-38(2,3)4/h6-7,9-11,13,24-27,30-31H,1,8,12,14-22H2,2-5H3,(H,41,51)(H,42,48)(H,43,50)/b11-7-/t24?,25?,26-,30+,31+,39-/m1/s1. The maximum absolute atomic E-state index is 14.6. The lowest BCUT2D eigenvalue weighted by atomic mass is 9.99. The van der Waals surface area contributed by atoms with Crippen LogP contribution in [0.15, 0.2) is 43.0 Å². The van der Waals surface area contributed by atoms with E-state index in [0.29, 0.717) is 36.8 Å². The largest absolute Gasteiger partial charge is 0.444 e. The van der Waals surface area contributed by atoms with Gasteiger partial charge in [-0.2, -0.15) is 0 Å². The summed E-state index contributed by atoms with van der Waals surface area (Å²) in [6.45, 7) is 8.33. The van der Waals surface area contributed by atoms with Crippen molar-refractivity contribution in [2.24, 2.45) is 5.92 Å². The van der Waals surface area contributed by atoms with Crippen molar-refractivity contribution in [1.29, 1.82) is 0 Å². The van der Waals surface area contributed by atoms with Gasteiger partial charge in [-0.3, -0.25) is 28.8 Å². The van der Waals surface area contributed by atoms with Crippen molar-refractivity contribution in [2.75, 3.05) is 13.6 Å². The maximum Gasteiger partial charge on any atom is 0.410 e. The average molecular weight is 815 g/mol. The molecule has 0 bridgehead atoms. The summed E-state index contributed by atoms with van der Waals surface area (Å²) in [6, 6.07) is 1.51. The van der Waals surface area contributed by atoms with Crippen LogP contribution in [0.1, 0.15) is 83.3 Å². The minimum absolute atomic E-state index is 0.0160. The minimum atomic E-state index is -3.99. The zero-order valence-electron chi connectivity index (χ0n) is 32.6. The van der Waals surface area contributed by atoms with E-state index in [2.05, 4.69) is 21.9 Å². The van der Waals surface area contributed by atoms with Crippen LogP contribution in [0.25, 0.3) is 0 Å². The molecule has 0 aromatic heterocycles. The third-order valence-electron chi connectivity index (χ3n) is 11.1. The highest BCUT2D eigenvalue weighted by Gasteiger charge is 2.62. The summed E-state index contributed by atoms with van der Waals surface area (Å²) < 4.78 is 53.7. The van der Waals surface area contributed by atoms with Gasteiger partial charge in [-0.05, 0) is 83.4 Å². The van der Waals surface area contributed by atoms with Crippen molar-refractivity contribution in [2.45, 2.75) is 126 Å². The van der Waals surface area contributed by atoms with Gasteiger partial charge in [-0.25, -0.2) is 22.4 Å². The Morgan fingerprint density at radius 3 is 2.49 bits per heavy atom. The Labute approximate surface area is 331 Å². The first-order chi connectivity index (χ1) is 26.8. The smallest absolute Gasteiger partial charge is 0.410 e. The number of alkyl carbamates (subject to hydrolysis) is 1. The molecule has 1 saturated heterocycles. The Balaban J connectivity index is 1.31.